The molecule has 0 radical (unpaired) electrons. The number of piperazine rings is 1. The van der Waals surface area contributed by atoms with E-state index >= 15 is 0 Å². The third kappa shape index (κ3) is 3.84. The first-order valence-electron chi connectivity index (χ1n) is 7.55. The number of nitrogens with zero attached hydrogens (tertiary/aromatic N) is 2. The maximum Gasteiger partial charge on any atom is 0.325 e. The second kappa shape index (κ2) is 8.31. The van der Waals surface area contributed by atoms with E-state index in [1.54, 1.807) is 6.07 Å². The van der Waals surface area contributed by atoms with Gasteiger partial charge in [0, 0.05) is 31.3 Å². The molecule has 0 saturated carbocycles. The van der Waals surface area contributed by atoms with Crippen molar-refractivity contribution in [2.75, 3.05) is 26.7 Å². The number of sulfonamides is 1. The number of hydrogen-bond donors (Lipinski definition) is 1. The Hall–Kier alpha value is -1.72. The van der Waals surface area contributed by atoms with E-state index in [2.05, 4.69) is 5.32 Å². The van der Waals surface area contributed by atoms with Gasteiger partial charge in [-0.25, -0.2) is 8.42 Å². The Bertz CT molecular complexity index is 887. The summed E-state index contributed by atoms with van der Waals surface area (Å²) in [5.41, 5.74) is 0.756. The maximum absolute atomic E-state index is 13.1. The standard InChI is InChI=1S/C15H17N3O5S2.ClH/c1-23-13-5-3-2-4-11(13)12-10-16-8-9-17(12)25(21,22)15-7-6-14(24-15)18(19)20;/h2-7,12,16H,8-10H2,1H3;1H. The largest absolute Gasteiger partial charge is 0.496 e. The van der Waals surface area contributed by atoms with Crippen molar-refractivity contribution < 1.29 is 18.1 Å². The number of para-hydroxylation sites is 1. The van der Waals surface area contributed by atoms with E-state index < -0.39 is 21.0 Å². The first kappa shape index (κ1) is 20.6. The van der Waals surface area contributed by atoms with E-state index in [9.17, 15) is 18.5 Å². The summed E-state index contributed by atoms with van der Waals surface area (Å²) in [6, 6.07) is 9.32. The van der Waals surface area contributed by atoms with Crippen LogP contribution in [0.5, 0.6) is 5.75 Å². The zero-order chi connectivity index (χ0) is 18.0. The lowest BCUT2D eigenvalue weighted by Gasteiger charge is -2.35. The van der Waals surface area contributed by atoms with Gasteiger partial charge in [-0.2, -0.15) is 4.31 Å². The molecular weight excluding hydrogens is 402 g/mol. The van der Waals surface area contributed by atoms with Crippen LogP contribution in [0.1, 0.15) is 11.6 Å². The van der Waals surface area contributed by atoms with Crippen LogP contribution in [-0.4, -0.2) is 44.4 Å². The molecule has 26 heavy (non-hydrogen) atoms. The van der Waals surface area contributed by atoms with Crippen LogP contribution in [0.15, 0.2) is 40.6 Å². The molecule has 1 aliphatic rings. The van der Waals surface area contributed by atoms with Crippen molar-refractivity contribution in [3.05, 3.63) is 52.1 Å². The molecule has 0 spiro atoms. The number of rotatable bonds is 5. The number of nitrogens with one attached hydrogen (secondary N) is 1. The Morgan fingerprint density at radius 1 is 1.31 bits per heavy atom. The molecule has 1 atom stereocenters. The topological polar surface area (TPSA) is 102 Å². The lowest BCUT2D eigenvalue weighted by Crippen LogP contribution is -2.48. The van der Waals surface area contributed by atoms with Crippen molar-refractivity contribution in [1.29, 1.82) is 0 Å². The number of nitro groups is 1. The highest BCUT2D eigenvalue weighted by Gasteiger charge is 2.37. The zero-order valence-electron chi connectivity index (χ0n) is 13.8. The number of methoxy groups -OCH3 is 1. The van der Waals surface area contributed by atoms with Gasteiger partial charge in [0.25, 0.3) is 10.0 Å². The molecule has 3 rings (SSSR count). The van der Waals surface area contributed by atoms with E-state index in [1.165, 1.54) is 23.5 Å². The molecule has 1 aromatic heterocycles. The van der Waals surface area contributed by atoms with Crippen LogP contribution in [0.4, 0.5) is 5.00 Å². The minimum atomic E-state index is -3.85. The third-order valence-corrected chi connectivity index (χ3v) is 7.41. The summed E-state index contributed by atoms with van der Waals surface area (Å²) >= 11 is 0.668. The summed E-state index contributed by atoms with van der Waals surface area (Å²) in [4.78, 5) is 10.3. The molecule has 1 aliphatic heterocycles. The lowest BCUT2D eigenvalue weighted by atomic mass is 10.0. The molecule has 0 amide bonds. The Morgan fingerprint density at radius 2 is 2.04 bits per heavy atom. The van der Waals surface area contributed by atoms with E-state index in [1.807, 2.05) is 18.2 Å². The van der Waals surface area contributed by atoms with Gasteiger partial charge < -0.3 is 10.1 Å². The van der Waals surface area contributed by atoms with E-state index in [4.69, 9.17) is 4.74 Å². The first-order valence-corrected chi connectivity index (χ1v) is 9.80. The summed E-state index contributed by atoms with van der Waals surface area (Å²) in [6.45, 7) is 1.22. The maximum atomic E-state index is 13.1. The highest BCUT2D eigenvalue weighted by Crippen LogP contribution is 2.36. The number of ether oxygens (including phenoxy) is 1. The minimum Gasteiger partial charge on any atom is -0.496 e. The van der Waals surface area contributed by atoms with Gasteiger partial charge in [0.2, 0.25) is 0 Å². The van der Waals surface area contributed by atoms with Gasteiger partial charge in [0.15, 0.2) is 0 Å². The van der Waals surface area contributed by atoms with Crippen LogP contribution in [0, 0.1) is 10.1 Å². The van der Waals surface area contributed by atoms with Crippen LogP contribution in [0.3, 0.4) is 0 Å². The van der Waals surface area contributed by atoms with Crippen LogP contribution in [-0.2, 0) is 10.0 Å². The van der Waals surface area contributed by atoms with Crippen LogP contribution < -0.4 is 10.1 Å². The molecule has 142 valence electrons. The van der Waals surface area contributed by atoms with Crippen molar-refractivity contribution in [1.82, 2.24) is 9.62 Å². The first-order chi connectivity index (χ1) is 11.9. The molecule has 1 saturated heterocycles. The van der Waals surface area contributed by atoms with Crippen LogP contribution in [0.2, 0.25) is 0 Å². The fourth-order valence-corrected chi connectivity index (χ4v) is 5.69. The normalized spacial score (nSPS) is 18.1. The molecule has 0 aliphatic carbocycles. The average Bonchev–Trinajstić information content (AvgIpc) is 3.13. The SMILES string of the molecule is COc1ccccc1C1CNCCN1S(=O)(=O)c1ccc([N+](=O)[O-])s1.Cl. The Morgan fingerprint density at radius 3 is 2.69 bits per heavy atom. The second-order valence-electron chi connectivity index (χ2n) is 5.43. The molecular formula is C15H18ClN3O5S2. The second-order valence-corrected chi connectivity index (χ2v) is 8.61. The number of hydrogen-bond acceptors (Lipinski definition) is 7. The molecule has 1 aromatic carbocycles. The van der Waals surface area contributed by atoms with Crippen molar-refractivity contribution in [3.63, 3.8) is 0 Å². The predicted molar refractivity (Wildman–Crippen MR) is 101 cm³/mol. The highest BCUT2D eigenvalue weighted by molar-refractivity contribution is 7.91. The zero-order valence-corrected chi connectivity index (χ0v) is 16.3. The predicted octanol–water partition coefficient (Wildman–Crippen LogP) is 2.42. The molecule has 1 unspecified atom stereocenters. The fourth-order valence-electron chi connectivity index (χ4n) is 2.84. The number of benzene rings is 1. The summed E-state index contributed by atoms with van der Waals surface area (Å²) < 4.78 is 32.8. The Kier molecular flexibility index (Phi) is 6.58. The van der Waals surface area contributed by atoms with Gasteiger partial charge >= 0.3 is 5.00 Å². The molecule has 2 heterocycles. The summed E-state index contributed by atoms with van der Waals surface area (Å²) in [7, 11) is -2.31. The Balaban J connectivity index is 0.00000243. The monoisotopic (exact) mass is 419 g/mol. The van der Waals surface area contributed by atoms with Crippen LogP contribution >= 0.6 is 23.7 Å². The lowest BCUT2D eigenvalue weighted by molar-refractivity contribution is -0.380. The van der Waals surface area contributed by atoms with Gasteiger partial charge in [0.1, 0.15) is 9.96 Å². The van der Waals surface area contributed by atoms with E-state index in [0.717, 1.165) is 5.56 Å². The van der Waals surface area contributed by atoms with Gasteiger partial charge in [-0.1, -0.05) is 18.2 Å². The Labute approximate surface area is 161 Å². The van der Waals surface area contributed by atoms with Crippen molar-refractivity contribution >= 4 is 38.8 Å². The third-order valence-electron chi connectivity index (χ3n) is 4.00. The molecule has 11 heteroatoms. The van der Waals surface area contributed by atoms with Crippen molar-refractivity contribution in [3.8, 4) is 5.75 Å². The van der Waals surface area contributed by atoms with Gasteiger partial charge in [-0.15, -0.1) is 12.4 Å². The number of halogens is 1. The van der Waals surface area contributed by atoms with Crippen molar-refractivity contribution in [2.24, 2.45) is 0 Å². The molecule has 2 aromatic rings. The fraction of sp³-hybridized carbons (Fsp3) is 0.333. The van der Waals surface area contributed by atoms with Crippen LogP contribution in [0.25, 0.3) is 0 Å². The summed E-state index contributed by atoms with van der Waals surface area (Å²) in [5.74, 6) is 0.605. The number of thiophene rings is 1. The molecule has 1 fully saturated rings. The van der Waals surface area contributed by atoms with E-state index in [-0.39, 0.29) is 28.2 Å². The molecule has 1 N–H and O–H groups in total. The smallest absolute Gasteiger partial charge is 0.325 e. The van der Waals surface area contributed by atoms with Gasteiger partial charge in [-0.3, -0.25) is 10.1 Å². The van der Waals surface area contributed by atoms with E-state index in [0.29, 0.717) is 30.2 Å². The van der Waals surface area contributed by atoms with Gasteiger partial charge in [0.05, 0.1) is 18.1 Å². The van der Waals surface area contributed by atoms with Crippen molar-refractivity contribution in [2.45, 2.75) is 10.3 Å². The average molecular weight is 420 g/mol. The summed E-state index contributed by atoms with van der Waals surface area (Å²) in [6.07, 6.45) is 0. The quantitative estimate of drug-likeness (QED) is 0.589. The summed E-state index contributed by atoms with van der Waals surface area (Å²) in [5, 5.41) is 13.9. The molecule has 8 nitrogen and oxygen atoms in total. The van der Waals surface area contributed by atoms with Gasteiger partial charge in [-0.05, 0) is 23.5 Å². The minimum absolute atomic E-state index is 0. The highest BCUT2D eigenvalue weighted by atomic mass is 35.5. The molecule has 0 bridgehead atoms.